The highest BCUT2D eigenvalue weighted by Crippen LogP contribution is 2.36. The van der Waals surface area contributed by atoms with Crippen molar-refractivity contribution in [3.05, 3.63) is 11.7 Å². The zero-order chi connectivity index (χ0) is 18.0. The van der Waals surface area contributed by atoms with Gasteiger partial charge in [-0.2, -0.15) is 5.10 Å². The molecule has 16 heavy (non-hydrogen) atoms. The zero-order valence-electron chi connectivity index (χ0n) is 16.8. The minimum absolute atomic E-state index is 0.256. The predicted molar refractivity (Wildman–Crippen MR) is 63.7 cm³/mol. The van der Waals surface area contributed by atoms with Crippen molar-refractivity contribution in [3.8, 4) is 0 Å². The number of hydrogen-bond donors (Lipinski definition) is 0. The highest BCUT2D eigenvalue weighted by Gasteiger charge is 2.53. The van der Waals surface area contributed by atoms with Crippen molar-refractivity contribution in [1.82, 2.24) is 9.78 Å². The maximum absolute atomic E-state index is 7.78. The third-order valence-corrected chi connectivity index (χ3v) is 3.22. The Morgan fingerprint density at radius 2 is 2.00 bits per heavy atom. The van der Waals surface area contributed by atoms with Crippen molar-refractivity contribution in [2.75, 3.05) is 0 Å². The lowest BCUT2D eigenvalue weighted by Crippen LogP contribution is -2.41. The average molecular weight is 229 g/mol. The third-order valence-electron chi connectivity index (χ3n) is 3.22. The molecule has 1 aromatic rings. The molecule has 1 saturated heterocycles. The summed E-state index contributed by atoms with van der Waals surface area (Å²) < 4.78 is 65.3. The van der Waals surface area contributed by atoms with Crippen LogP contribution in [0.4, 0.5) is 0 Å². The average Bonchev–Trinajstić information content (AvgIpc) is 2.73. The van der Waals surface area contributed by atoms with E-state index in [1.807, 2.05) is 0 Å². The molecule has 1 aliphatic heterocycles. The summed E-state index contributed by atoms with van der Waals surface area (Å²) in [5, 5.41) is 3.59. The van der Waals surface area contributed by atoms with E-state index in [-0.39, 0.29) is 5.59 Å². The summed E-state index contributed by atoms with van der Waals surface area (Å²) in [6.45, 7) is 1.59. The molecular formula is C11H19BN2O2. The standard InChI is InChI=1S/C11H19BN2O2/c1-8-7-13-14(6)9(8)12-15-10(2,3)11(4,5)16-12/h7H,1-6H3/i1D3,6D3,7D. The molecule has 0 bridgehead atoms. The first-order chi connectivity index (χ1) is 10.1. The summed E-state index contributed by atoms with van der Waals surface area (Å²) in [6, 6.07) is 0. The van der Waals surface area contributed by atoms with Gasteiger partial charge >= 0.3 is 7.12 Å². The fraction of sp³-hybridized carbons (Fsp3) is 0.727. The van der Waals surface area contributed by atoms with E-state index in [9.17, 15) is 0 Å². The van der Waals surface area contributed by atoms with E-state index < -0.39 is 43.9 Å². The van der Waals surface area contributed by atoms with E-state index in [1.54, 1.807) is 27.7 Å². The predicted octanol–water partition coefficient (Wildman–Crippen LogP) is 1.03. The van der Waals surface area contributed by atoms with Crippen LogP contribution in [0.5, 0.6) is 0 Å². The zero-order valence-corrected chi connectivity index (χ0v) is 9.79. The van der Waals surface area contributed by atoms with Crippen molar-refractivity contribution in [3.63, 3.8) is 0 Å². The summed E-state index contributed by atoms with van der Waals surface area (Å²) in [5.41, 5.74) is -2.29. The number of aryl methyl sites for hydroxylation is 1. The molecule has 0 aliphatic carbocycles. The van der Waals surface area contributed by atoms with Crippen LogP contribution in [0.25, 0.3) is 0 Å². The first-order valence-corrected chi connectivity index (χ1v) is 5.04. The molecule has 0 spiro atoms. The van der Waals surface area contributed by atoms with Gasteiger partial charge in [-0.3, -0.25) is 4.68 Å². The van der Waals surface area contributed by atoms with Crippen molar-refractivity contribution in [2.24, 2.45) is 6.98 Å². The summed E-state index contributed by atoms with van der Waals surface area (Å²) in [5.74, 6) is 0. The van der Waals surface area contributed by atoms with Crippen LogP contribution < -0.4 is 5.59 Å². The van der Waals surface area contributed by atoms with E-state index in [1.165, 1.54) is 0 Å². The summed E-state index contributed by atoms with van der Waals surface area (Å²) >= 11 is 0. The van der Waals surface area contributed by atoms with Gasteiger partial charge in [0.15, 0.2) is 0 Å². The second-order valence-electron chi connectivity index (χ2n) is 4.87. The van der Waals surface area contributed by atoms with Crippen molar-refractivity contribution >= 4 is 12.7 Å². The molecule has 88 valence electrons. The molecule has 1 aliphatic rings. The van der Waals surface area contributed by atoms with Crippen molar-refractivity contribution in [1.29, 1.82) is 0 Å². The molecular weight excluding hydrogens is 203 g/mol. The minimum atomic E-state index is -2.75. The molecule has 0 aromatic carbocycles. The second-order valence-corrected chi connectivity index (χ2v) is 4.87. The monoisotopic (exact) mass is 229 g/mol. The van der Waals surface area contributed by atoms with Gasteiger partial charge in [0.2, 0.25) is 0 Å². The van der Waals surface area contributed by atoms with Crippen LogP contribution in [-0.4, -0.2) is 28.1 Å². The van der Waals surface area contributed by atoms with Gasteiger partial charge < -0.3 is 9.31 Å². The number of nitrogens with zero attached hydrogens (tertiary/aromatic N) is 2. The highest BCUT2D eigenvalue weighted by atomic mass is 16.7. The maximum Gasteiger partial charge on any atom is 0.514 e. The summed E-state index contributed by atoms with van der Waals surface area (Å²) in [7, 11) is -1.23. The minimum Gasteiger partial charge on any atom is -0.398 e. The van der Waals surface area contributed by atoms with Gasteiger partial charge in [-0.15, -0.1) is 0 Å². The molecule has 0 saturated carbocycles. The Kier molecular flexibility index (Phi) is 1.19. The lowest BCUT2D eigenvalue weighted by atomic mass is 9.82. The molecule has 0 unspecified atom stereocenters. The quantitative estimate of drug-likeness (QED) is 0.675. The van der Waals surface area contributed by atoms with E-state index in [0.717, 1.165) is 0 Å². The largest absolute Gasteiger partial charge is 0.514 e. The number of aromatic nitrogens is 2. The molecule has 5 heteroatoms. The van der Waals surface area contributed by atoms with E-state index in [4.69, 9.17) is 18.9 Å². The van der Waals surface area contributed by atoms with E-state index in [2.05, 4.69) is 5.10 Å². The molecule has 2 rings (SSSR count). The second kappa shape index (κ2) is 3.34. The van der Waals surface area contributed by atoms with Gasteiger partial charge in [0.25, 0.3) is 0 Å². The fourth-order valence-corrected chi connectivity index (χ4v) is 1.49. The SMILES string of the molecule is [2H]c1nn(C([2H])([2H])[2H])c(B2OC(C)(C)C(C)(C)O2)c1C([2H])([2H])[2H]. The third kappa shape index (κ3) is 1.58. The van der Waals surface area contributed by atoms with Crippen LogP contribution in [0.15, 0.2) is 6.17 Å². The Hall–Kier alpha value is -0.805. The maximum atomic E-state index is 7.78. The van der Waals surface area contributed by atoms with Crippen LogP contribution in [0.1, 0.15) is 42.9 Å². The number of rotatable bonds is 1. The van der Waals surface area contributed by atoms with Gasteiger partial charge in [-0.25, -0.2) is 0 Å². The number of hydrogen-bond acceptors (Lipinski definition) is 3. The van der Waals surface area contributed by atoms with Crippen molar-refractivity contribution in [2.45, 2.75) is 45.7 Å². The normalized spacial score (nSPS) is 30.8. The van der Waals surface area contributed by atoms with Gasteiger partial charge in [-0.05, 0) is 40.1 Å². The Morgan fingerprint density at radius 1 is 1.38 bits per heavy atom. The lowest BCUT2D eigenvalue weighted by molar-refractivity contribution is 0.00578. The van der Waals surface area contributed by atoms with Crippen LogP contribution in [0, 0.1) is 6.85 Å². The van der Waals surface area contributed by atoms with Crippen LogP contribution in [-0.2, 0) is 16.3 Å². The Bertz CT molecular complexity index is 605. The Balaban J connectivity index is 2.66. The molecule has 2 heterocycles. The van der Waals surface area contributed by atoms with E-state index >= 15 is 0 Å². The molecule has 1 fully saturated rings. The lowest BCUT2D eigenvalue weighted by Gasteiger charge is -2.32. The van der Waals surface area contributed by atoms with Crippen LogP contribution >= 0.6 is 0 Å². The topological polar surface area (TPSA) is 36.3 Å². The highest BCUT2D eigenvalue weighted by molar-refractivity contribution is 6.61. The van der Waals surface area contributed by atoms with Gasteiger partial charge in [-0.1, -0.05) is 0 Å². The first kappa shape index (κ1) is 5.69. The van der Waals surface area contributed by atoms with Crippen LogP contribution in [0.2, 0.25) is 0 Å². The van der Waals surface area contributed by atoms with Gasteiger partial charge in [0.05, 0.1) is 24.3 Å². The molecule has 0 N–H and O–H groups in total. The first-order valence-electron chi connectivity index (χ1n) is 8.54. The molecule has 1 aromatic heterocycles. The van der Waals surface area contributed by atoms with E-state index in [0.29, 0.717) is 4.68 Å². The molecule has 0 radical (unpaired) electrons. The molecule has 0 amide bonds. The van der Waals surface area contributed by atoms with Gasteiger partial charge in [0.1, 0.15) is 0 Å². The summed E-state index contributed by atoms with van der Waals surface area (Å²) in [4.78, 5) is 0. The summed E-state index contributed by atoms with van der Waals surface area (Å²) in [6.07, 6.45) is -0.620. The fourth-order valence-electron chi connectivity index (χ4n) is 1.49. The molecule has 0 atom stereocenters. The van der Waals surface area contributed by atoms with Gasteiger partial charge in [0, 0.05) is 15.2 Å². The smallest absolute Gasteiger partial charge is 0.398 e. The Labute approximate surface area is 107 Å². The molecule has 4 nitrogen and oxygen atoms in total. The van der Waals surface area contributed by atoms with Crippen LogP contribution in [0.3, 0.4) is 0 Å². The Morgan fingerprint density at radius 3 is 2.50 bits per heavy atom. The van der Waals surface area contributed by atoms with Crippen molar-refractivity contribution < 1.29 is 18.9 Å².